The Hall–Kier alpha value is -3.65. The summed E-state index contributed by atoms with van der Waals surface area (Å²) in [5.41, 5.74) is 2.11. The van der Waals surface area contributed by atoms with Crippen LogP contribution < -0.4 is 9.47 Å². The molecule has 0 radical (unpaired) electrons. The van der Waals surface area contributed by atoms with Crippen molar-refractivity contribution in [1.82, 2.24) is 0 Å². The maximum Gasteiger partial charge on any atom is 0.243 e. The third-order valence-corrected chi connectivity index (χ3v) is 6.65. The monoisotopic (exact) mass is 479 g/mol. The topological polar surface area (TPSA) is 97.1 Å². The number of fused-ring (bicyclic) bond motifs is 1. The standard InChI is InChI=1S/C27H29NO7/c1-17-20-14-23(35-27(20,2)15-25(33-4)26(17)29)21(28(30)31)12-19-10-11-22(32-3)24(13-19)34-16-18-8-6-5-7-9-18/h5-11,13,15,21,23H,12,14,16H2,1-4H3/t21?,23-,27-/m1/s1. The molecule has 3 atom stereocenters. The van der Waals surface area contributed by atoms with Crippen LogP contribution in [0.5, 0.6) is 11.5 Å². The second kappa shape index (κ2) is 9.92. The average molecular weight is 480 g/mol. The van der Waals surface area contributed by atoms with Gasteiger partial charge in [0.05, 0.1) is 14.2 Å². The van der Waals surface area contributed by atoms with Gasteiger partial charge in [-0.05, 0) is 48.8 Å². The molecular weight excluding hydrogens is 450 g/mol. The van der Waals surface area contributed by atoms with Crippen molar-refractivity contribution in [3.8, 4) is 11.5 Å². The third-order valence-electron chi connectivity index (χ3n) is 6.65. The van der Waals surface area contributed by atoms with Crippen LogP contribution in [0.15, 0.2) is 71.5 Å². The molecule has 8 heteroatoms. The lowest BCUT2D eigenvalue weighted by molar-refractivity contribution is -0.534. The van der Waals surface area contributed by atoms with E-state index in [0.29, 0.717) is 30.1 Å². The summed E-state index contributed by atoms with van der Waals surface area (Å²) in [6.45, 7) is 3.88. The maximum absolute atomic E-state index is 12.5. The van der Waals surface area contributed by atoms with Crippen molar-refractivity contribution in [3.63, 3.8) is 0 Å². The first-order chi connectivity index (χ1) is 16.8. The molecule has 4 rings (SSSR count). The van der Waals surface area contributed by atoms with Crippen LogP contribution in [0.4, 0.5) is 0 Å². The van der Waals surface area contributed by atoms with Crippen molar-refractivity contribution in [3.05, 3.63) is 92.8 Å². The fraction of sp³-hybridized carbons (Fsp3) is 0.370. The van der Waals surface area contributed by atoms with Gasteiger partial charge in [-0.2, -0.15) is 0 Å². The molecule has 0 bridgehead atoms. The highest BCUT2D eigenvalue weighted by Crippen LogP contribution is 2.44. The Kier molecular flexibility index (Phi) is 6.93. The van der Waals surface area contributed by atoms with E-state index in [1.807, 2.05) is 37.3 Å². The molecule has 2 aromatic rings. The number of allylic oxidation sites excluding steroid dienone is 1. The Bertz CT molecular complexity index is 1190. The van der Waals surface area contributed by atoms with Crippen molar-refractivity contribution in [2.24, 2.45) is 0 Å². The quantitative estimate of drug-likeness (QED) is 0.387. The van der Waals surface area contributed by atoms with Gasteiger partial charge in [-0.1, -0.05) is 36.4 Å². The number of Topliss-reactive ketones (excluding diaryl/α,β-unsaturated/α-hetero) is 1. The lowest BCUT2D eigenvalue weighted by Gasteiger charge is -2.28. The number of methoxy groups -OCH3 is 2. The first kappa shape index (κ1) is 24.5. The van der Waals surface area contributed by atoms with E-state index >= 15 is 0 Å². The second-order valence-corrected chi connectivity index (χ2v) is 8.93. The van der Waals surface area contributed by atoms with E-state index in [-0.39, 0.29) is 22.9 Å². The molecule has 1 fully saturated rings. The molecule has 0 N–H and O–H groups in total. The summed E-state index contributed by atoms with van der Waals surface area (Å²) in [6.07, 6.45) is 1.37. The minimum atomic E-state index is -1.01. The van der Waals surface area contributed by atoms with E-state index in [1.165, 1.54) is 7.11 Å². The van der Waals surface area contributed by atoms with Crippen LogP contribution in [0.25, 0.3) is 0 Å². The molecule has 0 saturated carbocycles. The van der Waals surface area contributed by atoms with E-state index in [2.05, 4.69) is 0 Å². The molecule has 1 aliphatic carbocycles. The van der Waals surface area contributed by atoms with Crippen LogP contribution >= 0.6 is 0 Å². The minimum Gasteiger partial charge on any atom is -0.493 e. The number of benzene rings is 2. The highest BCUT2D eigenvalue weighted by molar-refractivity contribution is 6.08. The molecule has 1 aliphatic heterocycles. The normalized spacial score (nSPS) is 22.3. The Labute approximate surface area is 204 Å². The average Bonchev–Trinajstić information content (AvgIpc) is 3.21. The number of ether oxygens (including phenoxy) is 4. The number of nitrogens with zero attached hydrogens (tertiary/aromatic N) is 1. The number of carbonyl (C=O) groups excluding carboxylic acids is 1. The molecular formula is C27H29NO7. The van der Waals surface area contributed by atoms with Gasteiger partial charge in [-0.25, -0.2) is 0 Å². The van der Waals surface area contributed by atoms with Crippen molar-refractivity contribution < 1.29 is 28.7 Å². The largest absolute Gasteiger partial charge is 0.493 e. The van der Waals surface area contributed by atoms with Gasteiger partial charge in [-0.3, -0.25) is 14.9 Å². The summed E-state index contributed by atoms with van der Waals surface area (Å²) in [7, 11) is 2.98. The van der Waals surface area contributed by atoms with Crippen LogP contribution in [0.1, 0.15) is 31.4 Å². The Balaban J connectivity index is 1.56. The van der Waals surface area contributed by atoms with Gasteiger partial charge < -0.3 is 18.9 Å². The molecule has 0 spiro atoms. The molecule has 184 valence electrons. The van der Waals surface area contributed by atoms with Gasteiger partial charge in [-0.15, -0.1) is 0 Å². The summed E-state index contributed by atoms with van der Waals surface area (Å²) in [5, 5.41) is 12.1. The molecule has 1 heterocycles. The molecule has 0 aromatic heterocycles. The van der Waals surface area contributed by atoms with Gasteiger partial charge in [0.2, 0.25) is 11.8 Å². The number of hydrogen-bond acceptors (Lipinski definition) is 7. The summed E-state index contributed by atoms with van der Waals surface area (Å²) in [6, 6.07) is 14.0. The van der Waals surface area contributed by atoms with Crippen LogP contribution in [-0.4, -0.2) is 42.7 Å². The number of ketones is 1. The van der Waals surface area contributed by atoms with Crippen molar-refractivity contribution in [1.29, 1.82) is 0 Å². The molecule has 2 aliphatic rings. The highest BCUT2D eigenvalue weighted by Gasteiger charge is 2.50. The summed E-state index contributed by atoms with van der Waals surface area (Å²) < 4.78 is 22.8. The van der Waals surface area contributed by atoms with Crippen LogP contribution in [0.2, 0.25) is 0 Å². The van der Waals surface area contributed by atoms with Gasteiger partial charge in [0.15, 0.2) is 17.3 Å². The van der Waals surface area contributed by atoms with Crippen molar-refractivity contribution in [2.45, 2.75) is 51.0 Å². The lowest BCUT2D eigenvalue weighted by Crippen LogP contribution is -2.38. The van der Waals surface area contributed by atoms with E-state index in [1.54, 1.807) is 38.3 Å². The zero-order valence-corrected chi connectivity index (χ0v) is 20.3. The van der Waals surface area contributed by atoms with Gasteiger partial charge in [0.1, 0.15) is 18.3 Å². The van der Waals surface area contributed by atoms with Gasteiger partial charge >= 0.3 is 0 Å². The molecule has 1 saturated heterocycles. The minimum absolute atomic E-state index is 0.139. The second-order valence-electron chi connectivity index (χ2n) is 8.93. The van der Waals surface area contributed by atoms with E-state index in [9.17, 15) is 14.9 Å². The smallest absolute Gasteiger partial charge is 0.243 e. The zero-order chi connectivity index (χ0) is 25.2. The van der Waals surface area contributed by atoms with Crippen LogP contribution in [-0.2, 0) is 27.3 Å². The Morgan fingerprint density at radius 3 is 2.51 bits per heavy atom. The Morgan fingerprint density at radius 1 is 1.11 bits per heavy atom. The van der Waals surface area contributed by atoms with Gasteiger partial charge in [0.25, 0.3) is 0 Å². The molecule has 0 amide bonds. The van der Waals surface area contributed by atoms with E-state index in [0.717, 1.165) is 16.7 Å². The highest BCUT2D eigenvalue weighted by atomic mass is 16.6. The predicted molar refractivity (Wildman–Crippen MR) is 129 cm³/mol. The van der Waals surface area contributed by atoms with E-state index < -0.39 is 17.7 Å². The lowest BCUT2D eigenvalue weighted by atomic mass is 9.83. The molecule has 8 nitrogen and oxygen atoms in total. The zero-order valence-electron chi connectivity index (χ0n) is 20.3. The first-order valence-electron chi connectivity index (χ1n) is 11.4. The van der Waals surface area contributed by atoms with Gasteiger partial charge in [0, 0.05) is 23.3 Å². The fourth-order valence-corrected chi connectivity index (χ4v) is 4.76. The van der Waals surface area contributed by atoms with Crippen LogP contribution in [0.3, 0.4) is 0 Å². The van der Waals surface area contributed by atoms with E-state index in [4.69, 9.17) is 18.9 Å². The van der Waals surface area contributed by atoms with Crippen LogP contribution in [0, 0.1) is 10.1 Å². The Morgan fingerprint density at radius 2 is 1.86 bits per heavy atom. The SMILES string of the molecule is COC1=C[C@@]2(C)O[C@@H](C(Cc3ccc(OC)c(OCc4ccccc4)c3)[N+](=O)[O-])CC2=C(C)C1=O. The third kappa shape index (κ3) is 4.93. The molecule has 2 aromatic carbocycles. The van der Waals surface area contributed by atoms with Crippen molar-refractivity contribution >= 4 is 5.78 Å². The molecule has 1 unspecified atom stereocenters. The fourth-order valence-electron chi connectivity index (χ4n) is 4.76. The summed E-state index contributed by atoms with van der Waals surface area (Å²) >= 11 is 0. The summed E-state index contributed by atoms with van der Waals surface area (Å²) in [5.74, 6) is 1.05. The first-order valence-corrected chi connectivity index (χ1v) is 11.4. The maximum atomic E-state index is 12.5. The number of rotatable bonds is 9. The molecule has 35 heavy (non-hydrogen) atoms. The predicted octanol–water partition coefficient (Wildman–Crippen LogP) is 4.44. The number of carbonyl (C=O) groups is 1. The number of nitro groups is 1. The number of hydrogen-bond donors (Lipinski definition) is 0. The van der Waals surface area contributed by atoms with Crippen molar-refractivity contribution in [2.75, 3.05) is 14.2 Å². The summed E-state index contributed by atoms with van der Waals surface area (Å²) in [4.78, 5) is 24.4.